The van der Waals surface area contributed by atoms with Gasteiger partial charge in [0.15, 0.2) is 0 Å². The number of allylic oxidation sites excluding steroid dienone is 1. The summed E-state index contributed by atoms with van der Waals surface area (Å²) in [5.74, 6) is -1.89. The first-order valence-corrected chi connectivity index (χ1v) is 9.95. The van der Waals surface area contributed by atoms with Crippen molar-refractivity contribution in [2.45, 2.75) is 13.8 Å². The lowest BCUT2D eigenvalue weighted by atomic mass is 10.00. The molecule has 0 unspecified atom stereocenters. The fourth-order valence-electron chi connectivity index (χ4n) is 3.31. The summed E-state index contributed by atoms with van der Waals surface area (Å²) >= 11 is 0. The van der Waals surface area contributed by atoms with Gasteiger partial charge in [0.2, 0.25) is 0 Å². The molecule has 0 aliphatic carbocycles. The van der Waals surface area contributed by atoms with Crippen molar-refractivity contribution < 1.29 is 19.5 Å². The summed E-state index contributed by atoms with van der Waals surface area (Å²) < 4.78 is 0. The molecule has 0 bridgehead atoms. The van der Waals surface area contributed by atoms with Crippen LogP contribution in [0.3, 0.4) is 0 Å². The number of nitrogens with one attached hydrogen (secondary N) is 1. The number of fused-ring (bicyclic) bond motifs is 1. The molecule has 6 nitrogen and oxygen atoms in total. The second-order valence-electron chi connectivity index (χ2n) is 7.10. The maximum atomic E-state index is 13.1. The number of carbonyl (C=O) groups is 3. The van der Waals surface area contributed by atoms with Gasteiger partial charge in [-0.2, -0.15) is 0 Å². The van der Waals surface area contributed by atoms with E-state index in [1.807, 2.05) is 49.4 Å². The number of benzene rings is 3. The highest BCUT2D eigenvalue weighted by molar-refractivity contribution is 6.26. The van der Waals surface area contributed by atoms with Gasteiger partial charge < -0.3 is 15.3 Å². The van der Waals surface area contributed by atoms with Gasteiger partial charge >= 0.3 is 5.97 Å². The van der Waals surface area contributed by atoms with Crippen molar-refractivity contribution in [3.63, 3.8) is 0 Å². The average Bonchev–Trinajstić information content (AvgIpc) is 2.78. The van der Waals surface area contributed by atoms with Crippen LogP contribution in [0, 0.1) is 0 Å². The molecule has 3 aromatic carbocycles. The van der Waals surface area contributed by atoms with Gasteiger partial charge in [-0.25, -0.2) is 4.79 Å². The van der Waals surface area contributed by atoms with E-state index in [4.69, 9.17) is 0 Å². The number of rotatable bonds is 6. The molecule has 6 heteroatoms. The molecule has 2 amide bonds. The van der Waals surface area contributed by atoms with Crippen LogP contribution >= 0.6 is 0 Å². The van der Waals surface area contributed by atoms with Crippen LogP contribution in [-0.2, 0) is 4.79 Å². The number of hydrogen-bond acceptors (Lipinski definition) is 3. The van der Waals surface area contributed by atoms with E-state index < -0.39 is 11.9 Å². The summed E-state index contributed by atoms with van der Waals surface area (Å²) in [5.41, 5.74) is 1.42. The first-order valence-electron chi connectivity index (χ1n) is 9.95. The van der Waals surface area contributed by atoms with Crippen LogP contribution in [0.2, 0.25) is 0 Å². The highest BCUT2D eigenvalue weighted by Crippen LogP contribution is 2.25. The number of nitrogens with zero attached hydrogens (tertiary/aromatic N) is 1. The second kappa shape index (κ2) is 9.26. The Bertz CT molecular complexity index is 1200. The van der Waals surface area contributed by atoms with Crippen molar-refractivity contribution in [2.24, 2.45) is 0 Å². The Hall–Kier alpha value is -3.93. The van der Waals surface area contributed by atoms with Crippen molar-refractivity contribution >= 4 is 39.8 Å². The fraction of sp³-hybridized carbons (Fsp3) is 0.160. The molecule has 3 aromatic rings. The first-order chi connectivity index (χ1) is 14.8. The molecule has 0 spiro atoms. The predicted molar refractivity (Wildman–Crippen MR) is 122 cm³/mol. The molecular formula is C25H24N2O4. The quantitative estimate of drug-likeness (QED) is 0.572. The molecular weight excluding hydrogens is 392 g/mol. The van der Waals surface area contributed by atoms with Crippen LogP contribution in [0.1, 0.15) is 40.1 Å². The van der Waals surface area contributed by atoms with Crippen molar-refractivity contribution in [3.05, 3.63) is 83.4 Å². The van der Waals surface area contributed by atoms with Crippen molar-refractivity contribution in [2.75, 3.05) is 18.9 Å². The molecule has 3 rings (SSSR count). The number of anilines is 1. The maximum Gasteiger partial charge on any atom is 0.337 e. The minimum absolute atomic E-state index is 0.0768. The van der Waals surface area contributed by atoms with Crippen molar-refractivity contribution in [1.82, 2.24) is 4.90 Å². The van der Waals surface area contributed by atoms with E-state index in [1.54, 1.807) is 20.0 Å². The standard InChI is InChI=1S/C25H24N2O4/c1-4-20(18-11-10-16-8-6-7-9-17(16)14-18)23(28)26-22-15-19(24(29)27(3)5-2)12-13-21(22)25(30)31/h4,6-15H,5H2,1-3H3,(H,26,28)(H,30,31). The summed E-state index contributed by atoms with van der Waals surface area (Å²) in [7, 11) is 1.66. The van der Waals surface area contributed by atoms with Crippen LogP contribution in [0.5, 0.6) is 0 Å². The molecule has 2 N–H and O–H groups in total. The molecule has 0 atom stereocenters. The zero-order valence-electron chi connectivity index (χ0n) is 17.7. The normalized spacial score (nSPS) is 11.3. The molecule has 0 aliphatic rings. The Morgan fingerprint density at radius 3 is 2.29 bits per heavy atom. The van der Waals surface area contributed by atoms with Crippen LogP contribution < -0.4 is 5.32 Å². The van der Waals surface area contributed by atoms with Gasteiger partial charge in [0, 0.05) is 24.7 Å². The molecule has 0 fully saturated rings. The van der Waals surface area contributed by atoms with Crippen molar-refractivity contribution in [1.29, 1.82) is 0 Å². The molecule has 158 valence electrons. The molecule has 0 aromatic heterocycles. The molecule has 0 saturated heterocycles. The van der Waals surface area contributed by atoms with Gasteiger partial charge in [0.25, 0.3) is 11.8 Å². The Kier molecular flexibility index (Phi) is 6.50. The Morgan fingerprint density at radius 2 is 1.65 bits per heavy atom. The zero-order chi connectivity index (χ0) is 22.5. The summed E-state index contributed by atoms with van der Waals surface area (Å²) in [4.78, 5) is 38.7. The monoisotopic (exact) mass is 416 g/mol. The molecule has 0 radical (unpaired) electrons. The van der Waals surface area contributed by atoms with Gasteiger partial charge in [-0.3, -0.25) is 9.59 Å². The van der Waals surface area contributed by atoms with Gasteiger partial charge in [-0.15, -0.1) is 0 Å². The Morgan fingerprint density at radius 1 is 0.968 bits per heavy atom. The summed E-state index contributed by atoms with van der Waals surface area (Å²) in [6.45, 7) is 4.10. The van der Waals surface area contributed by atoms with Gasteiger partial charge in [-0.1, -0.05) is 42.5 Å². The van der Waals surface area contributed by atoms with E-state index in [9.17, 15) is 19.5 Å². The summed E-state index contributed by atoms with van der Waals surface area (Å²) in [6, 6.07) is 17.7. The van der Waals surface area contributed by atoms with Crippen LogP contribution in [-0.4, -0.2) is 41.4 Å². The van der Waals surface area contributed by atoms with E-state index in [0.717, 1.165) is 10.8 Å². The minimum atomic E-state index is -1.19. The minimum Gasteiger partial charge on any atom is -0.478 e. The van der Waals surface area contributed by atoms with E-state index in [2.05, 4.69) is 5.32 Å². The van der Waals surface area contributed by atoms with Crippen LogP contribution in [0.4, 0.5) is 5.69 Å². The fourth-order valence-corrected chi connectivity index (χ4v) is 3.31. The lowest BCUT2D eigenvalue weighted by molar-refractivity contribution is -0.111. The topological polar surface area (TPSA) is 86.7 Å². The number of carboxylic acids is 1. The van der Waals surface area contributed by atoms with Gasteiger partial charge in [0.05, 0.1) is 11.3 Å². The number of carboxylic acid groups (broad SMARTS) is 1. The van der Waals surface area contributed by atoms with Crippen molar-refractivity contribution in [3.8, 4) is 0 Å². The largest absolute Gasteiger partial charge is 0.478 e. The number of aromatic carboxylic acids is 1. The maximum absolute atomic E-state index is 13.1. The van der Waals surface area contributed by atoms with Gasteiger partial charge in [-0.05, 0) is 54.4 Å². The molecule has 0 heterocycles. The van der Waals surface area contributed by atoms with E-state index in [0.29, 0.717) is 23.2 Å². The SMILES string of the molecule is CC=C(C(=O)Nc1cc(C(=O)N(C)CC)ccc1C(=O)O)c1ccc2ccccc2c1. The third-order valence-corrected chi connectivity index (χ3v) is 5.16. The molecule has 31 heavy (non-hydrogen) atoms. The van der Waals surface area contributed by atoms with E-state index in [1.165, 1.54) is 23.1 Å². The van der Waals surface area contributed by atoms with E-state index in [-0.39, 0.29) is 17.2 Å². The smallest absolute Gasteiger partial charge is 0.337 e. The molecule has 0 aliphatic heterocycles. The van der Waals surface area contributed by atoms with Gasteiger partial charge in [0.1, 0.15) is 0 Å². The summed E-state index contributed by atoms with van der Waals surface area (Å²) in [6.07, 6.45) is 1.68. The van der Waals surface area contributed by atoms with E-state index >= 15 is 0 Å². The highest BCUT2D eigenvalue weighted by Gasteiger charge is 2.19. The lowest BCUT2D eigenvalue weighted by Gasteiger charge is -2.16. The summed E-state index contributed by atoms with van der Waals surface area (Å²) in [5, 5.41) is 14.3. The van der Waals surface area contributed by atoms with Crippen LogP contribution in [0.25, 0.3) is 16.3 Å². The third-order valence-electron chi connectivity index (χ3n) is 5.16. The third kappa shape index (κ3) is 4.64. The predicted octanol–water partition coefficient (Wildman–Crippen LogP) is 4.67. The zero-order valence-corrected chi connectivity index (χ0v) is 17.7. The first kappa shape index (κ1) is 21.8. The second-order valence-corrected chi connectivity index (χ2v) is 7.10. The average molecular weight is 416 g/mol. The lowest BCUT2D eigenvalue weighted by Crippen LogP contribution is -2.26. The Labute approximate surface area is 180 Å². The molecule has 0 saturated carbocycles. The number of amides is 2. The Balaban J connectivity index is 1.96. The van der Waals surface area contributed by atoms with Crippen LogP contribution in [0.15, 0.2) is 66.7 Å². The number of carbonyl (C=O) groups excluding carboxylic acids is 2. The number of hydrogen-bond donors (Lipinski definition) is 2. The highest BCUT2D eigenvalue weighted by atomic mass is 16.4.